The molecule has 7 nitrogen and oxygen atoms in total. The van der Waals surface area contributed by atoms with Crippen molar-refractivity contribution in [3.8, 4) is 5.69 Å². The zero-order valence-corrected chi connectivity index (χ0v) is 11.6. The van der Waals surface area contributed by atoms with Crippen molar-refractivity contribution in [3.63, 3.8) is 0 Å². The Kier molecular flexibility index (Phi) is 4.65. The Labute approximate surface area is 121 Å². The Balaban J connectivity index is 2.16. The Bertz CT molecular complexity index is 625. The number of rotatable bonds is 6. The first-order valence-corrected chi connectivity index (χ1v) is 6.61. The molecule has 2 aromatic rings. The number of aliphatic carboxylic acids is 1. The van der Waals surface area contributed by atoms with Gasteiger partial charge in [0.25, 0.3) is 5.91 Å². The molecule has 1 atom stereocenters. The summed E-state index contributed by atoms with van der Waals surface area (Å²) in [5.41, 5.74) is 0.841. The van der Waals surface area contributed by atoms with Crippen LogP contribution < -0.4 is 5.32 Å². The van der Waals surface area contributed by atoms with Crippen LogP contribution in [-0.4, -0.2) is 37.8 Å². The second-order valence-electron chi connectivity index (χ2n) is 4.50. The van der Waals surface area contributed by atoms with Crippen molar-refractivity contribution in [2.45, 2.75) is 25.8 Å². The number of aromatic nitrogens is 3. The number of carbonyl (C=O) groups excluding carboxylic acids is 1. The number of amides is 1. The van der Waals surface area contributed by atoms with Gasteiger partial charge in [-0.15, -0.1) is 0 Å². The van der Waals surface area contributed by atoms with E-state index in [9.17, 15) is 9.59 Å². The van der Waals surface area contributed by atoms with E-state index in [-0.39, 0.29) is 5.69 Å². The molecule has 0 aromatic carbocycles. The van der Waals surface area contributed by atoms with Gasteiger partial charge >= 0.3 is 5.97 Å². The highest BCUT2D eigenvalue weighted by molar-refractivity contribution is 5.95. The normalized spacial score (nSPS) is 11.9. The van der Waals surface area contributed by atoms with Gasteiger partial charge in [0.1, 0.15) is 11.7 Å². The molecule has 7 heteroatoms. The minimum atomic E-state index is -1.05. The molecule has 2 rings (SSSR count). The van der Waals surface area contributed by atoms with E-state index in [1.54, 1.807) is 35.3 Å². The van der Waals surface area contributed by atoms with Crippen molar-refractivity contribution in [1.82, 2.24) is 20.1 Å². The molecule has 110 valence electrons. The van der Waals surface area contributed by atoms with Gasteiger partial charge in [-0.3, -0.25) is 9.78 Å². The van der Waals surface area contributed by atoms with Gasteiger partial charge in [-0.1, -0.05) is 13.3 Å². The molecule has 2 N–H and O–H groups in total. The first-order valence-electron chi connectivity index (χ1n) is 6.61. The minimum absolute atomic E-state index is 0.158. The maximum Gasteiger partial charge on any atom is 0.326 e. The fourth-order valence-electron chi connectivity index (χ4n) is 1.89. The third-order valence-corrected chi connectivity index (χ3v) is 2.93. The van der Waals surface area contributed by atoms with Gasteiger partial charge in [0.2, 0.25) is 0 Å². The predicted molar refractivity (Wildman–Crippen MR) is 75.2 cm³/mol. The summed E-state index contributed by atoms with van der Waals surface area (Å²) >= 11 is 0. The molecular formula is C14H16N4O3. The fourth-order valence-corrected chi connectivity index (χ4v) is 1.89. The molecule has 0 bridgehead atoms. The van der Waals surface area contributed by atoms with Crippen LogP contribution in [0.25, 0.3) is 5.69 Å². The molecule has 2 heterocycles. The quantitative estimate of drug-likeness (QED) is 0.833. The van der Waals surface area contributed by atoms with Crippen LogP contribution in [0.4, 0.5) is 0 Å². The topological polar surface area (TPSA) is 97.1 Å². The predicted octanol–water partition coefficient (Wildman–Crippen LogP) is 1.25. The molecule has 0 aliphatic rings. The molecule has 0 aliphatic heterocycles. The number of pyridine rings is 1. The summed E-state index contributed by atoms with van der Waals surface area (Å²) in [5.74, 6) is -1.56. The lowest BCUT2D eigenvalue weighted by Crippen LogP contribution is -2.41. The number of carboxylic acids is 1. The van der Waals surface area contributed by atoms with E-state index in [0.717, 1.165) is 0 Å². The van der Waals surface area contributed by atoms with Gasteiger partial charge < -0.3 is 10.4 Å². The Morgan fingerprint density at radius 1 is 1.43 bits per heavy atom. The Morgan fingerprint density at radius 2 is 2.24 bits per heavy atom. The molecular weight excluding hydrogens is 272 g/mol. The summed E-state index contributed by atoms with van der Waals surface area (Å²) < 4.78 is 1.60. The van der Waals surface area contributed by atoms with E-state index in [1.807, 2.05) is 6.92 Å². The van der Waals surface area contributed by atoms with Gasteiger partial charge in [-0.25, -0.2) is 9.48 Å². The van der Waals surface area contributed by atoms with Crippen LogP contribution in [0.2, 0.25) is 0 Å². The van der Waals surface area contributed by atoms with Gasteiger partial charge in [0.15, 0.2) is 0 Å². The second kappa shape index (κ2) is 6.65. The van der Waals surface area contributed by atoms with Crippen LogP contribution in [0, 0.1) is 0 Å². The molecule has 0 spiro atoms. The average Bonchev–Trinajstić information content (AvgIpc) is 3.01. The minimum Gasteiger partial charge on any atom is -0.480 e. The number of nitrogens with zero attached hydrogens (tertiary/aromatic N) is 3. The molecule has 21 heavy (non-hydrogen) atoms. The smallest absolute Gasteiger partial charge is 0.326 e. The van der Waals surface area contributed by atoms with Crippen molar-refractivity contribution >= 4 is 11.9 Å². The van der Waals surface area contributed by atoms with E-state index in [2.05, 4.69) is 15.4 Å². The van der Waals surface area contributed by atoms with E-state index in [0.29, 0.717) is 18.5 Å². The zero-order valence-electron chi connectivity index (χ0n) is 11.6. The highest BCUT2D eigenvalue weighted by Gasteiger charge is 2.20. The summed E-state index contributed by atoms with van der Waals surface area (Å²) in [4.78, 5) is 27.1. The fraction of sp³-hybridized carbons (Fsp3) is 0.286. The van der Waals surface area contributed by atoms with Crippen molar-refractivity contribution in [2.24, 2.45) is 0 Å². The molecule has 0 saturated carbocycles. The number of nitrogens with one attached hydrogen (secondary N) is 1. The number of carboxylic acid groups (broad SMARTS) is 1. The lowest BCUT2D eigenvalue weighted by atomic mass is 10.1. The molecule has 2 aromatic heterocycles. The molecule has 1 amide bonds. The van der Waals surface area contributed by atoms with E-state index in [1.165, 1.54) is 6.20 Å². The zero-order chi connectivity index (χ0) is 15.2. The van der Waals surface area contributed by atoms with Crippen LogP contribution in [-0.2, 0) is 4.79 Å². The summed E-state index contributed by atoms with van der Waals surface area (Å²) in [5, 5.41) is 15.6. The summed E-state index contributed by atoms with van der Waals surface area (Å²) in [7, 11) is 0. The SMILES string of the molecule is CCCC(NC(=O)c1cc(-n2cccn2)ccn1)C(=O)O. The van der Waals surface area contributed by atoms with E-state index >= 15 is 0 Å². The lowest BCUT2D eigenvalue weighted by Gasteiger charge is -2.13. The standard InChI is InChI=1S/C14H16N4O3/c1-2-4-11(14(20)21)17-13(19)12-9-10(5-7-15-12)18-8-3-6-16-18/h3,5-9,11H,2,4H2,1H3,(H,17,19)(H,20,21). The van der Waals surface area contributed by atoms with Gasteiger partial charge in [-0.2, -0.15) is 5.10 Å². The third-order valence-electron chi connectivity index (χ3n) is 2.93. The van der Waals surface area contributed by atoms with Crippen molar-refractivity contribution in [1.29, 1.82) is 0 Å². The Hall–Kier alpha value is -2.70. The third kappa shape index (κ3) is 3.65. The van der Waals surface area contributed by atoms with Crippen LogP contribution in [0.1, 0.15) is 30.3 Å². The monoisotopic (exact) mass is 288 g/mol. The maximum absolute atomic E-state index is 12.1. The second-order valence-corrected chi connectivity index (χ2v) is 4.50. The van der Waals surface area contributed by atoms with Crippen molar-refractivity contribution in [3.05, 3.63) is 42.5 Å². The lowest BCUT2D eigenvalue weighted by molar-refractivity contribution is -0.139. The first-order chi connectivity index (χ1) is 10.1. The van der Waals surface area contributed by atoms with Crippen LogP contribution in [0.15, 0.2) is 36.8 Å². The first kappa shape index (κ1) is 14.7. The maximum atomic E-state index is 12.1. The molecule has 0 radical (unpaired) electrons. The Morgan fingerprint density at radius 3 is 2.86 bits per heavy atom. The van der Waals surface area contributed by atoms with Gasteiger partial charge in [0, 0.05) is 18.6 Å². The largest absolute Gasteiger partial charge is 0.480 e. The van der Waals surface area contributed by atoms with Gasteiger partial charge in [0.05, 0.1) is 5.69 Å². The van der Waals surface area contributed by atoms with Crippen molar-refractivity contribution < 1.29 is 14.7 Å². The highest BCUT2D eigenvalue weighted by atomic mass is 16.4. The summed E-state index contributed by atoms with van der Waals surface area (Å²) in [6.45, 7) is 1.86. The average molecular weight is 288 g/mol. The van der Waals surface area contributed by atoms with Crippen LogP contribution >= 0.6 is 0 Å². The van der Waals surface area contributed by atoms with Crippen LogP contribution in [0.5, 0.6) is 0 Å². The van der Waals surface area contributed by atoms with E-state index < -0.39 is 17.9 Å². The van der Waals surface area contributed by atoms with Crippen LogP contribution in [0.3, 0.4) is 0 Å². The summed E-state index contributed by atoms with van der Waals surface area (Å²) in [6.07, 6.45) is 5.90. The van der Waals surface area contributed by atoms with Crippen molar-refractivity contribution in [2.75, 3.05) is 0 Å². The van der Waals surface area contributed by atoms with E-state index in [4.69, 9.17) is 5.11 Å². The molecule has 1 unspecified atom stereocenters. The molecule has 0 fully saturated rings. The number of hydrogen-bond acceptors (Lipinski definition) is 4. The number of carbonyl (C=O) groups is 2. The summed E-state index contributed by atoms with van der Waals surface area (Å²) in [6, 6.07) is 4.14. The van der Waals surface area contributed by atoms with Gasteiger partial charge in [-0.05, 0) is 24.6 Å². The number of hydrogen-bond donors (Lipinski definition) is 2. The highest BCUT2D eigenvalue weighted by Crippen LogP contribution is 2.08. The molecule has 0 saturated heterocycles. The molecule has 0 aliphatic carbocycles.